The van der Waals surface area contributed by atoms with Crippen molar-refractivity contribution in [3.05, 3.63) is 85.5 Å². The molecule has 160 valence electrons. The minimum Gasteiger partial charge on any atom is -0.360 e. The summed E-state index contributed by atoms with van der Waals surface area (Å²) < 4.78 is 9.10. The molecular weight excluding hydrogens is 380 g/mol. The summed E-state index contributed by atoms with van der Waals surface area (Å²) in [5.41, 5.74) is 2.43. The summed E-state index contributed by atoms with van der Waals surface area (Å²) in [6, 6.07) is 21.3. The maximum Gasteiger partial charge on any atom is 0.171 e. The molecule has 0 bridgehead atoms. The van der Waals surface area contributed by atoms with Gasteiger partial charge >= 0.3 is 0 Å². The van der Waals surface area contributed by atoms with Gasteiger partial charge < -0.3 is 18.3 Å². The predicted molar refractivity (Wildman–Crippen MR) is 123 cm³/mol. The molecule has 0 amide bonds. The van der Waals surface area contributed by atoms with E-state index >= 15 is 0 Å². The molecular formula is C27H32N4. The summed E-state index contributed by atoms with van der Waals surface area (Å²) in [4.78, 5) is 0. The molecule has 4 heteroatoms. The van der Waals surface area contributed by atoms with E-state index in [9.17, 15) is 0 Å². The molecule has 0 saturated heterocycles. The highest BCUT2D eigenvalue weighted by atomic mass is 15.3. The number of nitrogens with zero attached hydrogens (tertiary/aromatic N) is 4. The van der Waals surface area contributed by atoms with Crippen molar-refractivity contribution in [1.82, 2.24) is 9.13 Å². The minimum absolute atomic E-state index is 0.673. The van der Waals surface area contributed by atoms with Gasteiger partial charge in [-0.15, -0.1) is 0 Å². The Bertz CT molecular complexity index is 989. The molecule has 2 heterocycles. The largest absolute Gasteiger partial charge is 0.360 e. The van der Waals surface area contributed by atoms with Crippen molar-refractivity contribution in [2.75, 3.05) is 0 Å². The quantitative estimate of drug-likeness (QED) is 0.260. The van der Waals surface area contributed by atoms with Crippen LogP contribution in [0.2, 0.25) is 0 Å². The molecule has 2 aromatic carbocycles. The maximum absolute atomic E-state index is 3.49. The molecule has 0 saturated carbocycles. The van der Waals surface area contributed by atoms with Gasteiger partial charge in [0.25, 0.3) is 0 Å². The fourth-order valence-electron chi connectivity index (χ4n) is 4.01. The van der Waals surface area contributed by atoms with Gasteiger partial charge in [-0.1, -0.05) is 87.4 Å². The number of hydrogen-bond donors (Lipinski definition) is 0. The van der Waals surface area contributed by atoms with E-state index in [2.05, 4.69) is 118 Å². The Kier molecular flexibility index (Phi) is 6.98. The van der Waals surface area contributed by atoms with Crippen LogP contribution in [-0.2, 0) is 19.8 Å². The van der Waals surface area contributed by atoms with Crippen LogP contribution in [-0.4, -0.2) is 9.13 Å². The highest BCUT2D eigenvalue weighted by Gasteiger charge is 2.14. The van der Waals surface area contributed by atoms with Gasteiger partial charge in [-0.25, -0.2) is 0 Å². The second-order valence-corrected chi connectivity index (χ2v) is 7.99. The van der Waals surface area contributed by atoms with Gasteiger partial charge in [0, 0.05) is 12.4 Å². The highest BCUT2D eigenvalue weighted by molar-refractivity contribution is 5.53. The van der Waals surface area contributed by atoms with Crippen LogP contribution in [0.15, 0.2) is 73.1 Å². The van der Waals surface area contributed by atoms with Crippen LogP contribution in [0, 0.1) is 12.4 Å². The van der Waals surface area contributed by atoms with Crippen molar-refractivity contribution in [2.45, 2.75) is 59.3 Å². The van der Waals surface area contributed by atoms with Crippen molar-refractivity contribution >= 4 is 0 Å². The van der Waals surface area contributed by atoms with Crippen LogP contribution in [0.4, 0.5) is 0 Å². The minimum atomic E-state index is 0.673. The van der Waals surface area contributed by atoms with Gasteiger partial charge in [-0.05, 0) is 36.4 Å². The lowest BCUT2D eigenvalue weighted by atomic mass is 10.2. The van der Waals surface area contributed by atoms with Crippen molar-refractivity contribution in [3.8, 4) is 22.8 Å². The Morgan fingerprint density at radius 3 is 1.45 bits per heavy atom. The zero-order chi connectivity index (χ0) is 21.5. The Morgan fingerprint density at radius 2 is 1.06 bits per heavy atom. The molecule has 0 unspecified atom stereocenters. The normalized spacial score (nSPS) is 11.2. The average molecular weight is 413 g/mol. The highest BCUT2D eigenvalue weighted by Crippen LogP contribution is 2.18. The van der Waals surface area contributed by atoms with E-state index < -0.39 is 0 Å². The fraction of sp³-hybridized carbons (Fsp3) is 0.333. The van der Waals surface area contributed by atoms with Crippen LogP contribution in [0.25, 0.3) is 22.8 Å². The van der Waals surface area contributed by atoms with Crippen LogP contribution in [0.5, 0.6) is 0 Å². The van der Waals surface area contributed by atoms with Crippen LogP contribution in [0.1, 0.15) is 39.5 Å². The van der Waals surface area contributed by atoms with Crippen LogP contribution in [0.3, 0.4) is 0 Å². The van der Waals surface area contributed by atoms with Gasteiger partial charge in [-0.3, -0.25) is 0 Å². The molecule has 4 nitrogen and oxygen atoms in total. The first-order chi connectivity index (χ1) is 15.3. The number of benzene rings is 2. The van der Waals surface area contributed by atoms with Crippen LogP contribution >= 0.6 is 0 Å². The molecule has 0 radical (unpaired) electrons. The molecule has 0 aliphatic heterocycles. The third kappa shape index (κ3) is 4.79. The summed E-state index contributed by atoms with van der Waals surface area (Å²) in [5, 5.41) is 0. The first-order valence-electron chi connectivity index (χ1n) is 11.4. The third-order valence-corrected chi connectivity index (χ3v) is 5.65. The van der Waals surface area contributed by atoms with Gasteiger partial charge in [0.15, 0.2) is 6.67 Å². The summed E-state index contributed by atoms with van der Waals surface area (Å²) in [6.45, 7) is 7.15. The number of aromatic nitrogens is 4. The molecule has 0 aliphatic rings. The van der Waals surface area contributed by atoms with E-state index in [1.807, 2.05) is 0 Å². The molecule has 0 atom stereocenters. The van der Waals surface area contributed by atoms with Crippen molar-refractivity contribution in [3.63, 3.8) is 0 Å². The standard InChI is InChI=1S/C27H32N4/c1-3-5-17-28-19-21-30(26(28)24-13-9-7-10-14-24)23-31-22-20-29(18-6-4-2)27(31)25-15-11-8-12-16-25/h7-16,19-20H,3-6,17-18,23H2,1-2H3. The van der Waals surface area contributed by atoms with E-state index in [-0.39, 0.29) is 0 Å². The Balaban J connectivity index is 1.74. The number of rotatable bonds is 10. The van der Waals surface area contributed by atoms with E-state index in [4.69, 9.17) is 0 Å². The Labute approximate surface area is 186 Å². The molecule has 0 aliphatic carbocycles. The number of imidazole rings is 2. The van der Waals surface area contributed by atoms with E-state index in [0.29, 0.717) is 6.67 Å². The third-order valence-electron chi connectivity index (χ3n) is 5.65. The summed E-state index contributed by atoms with van der Waals surface area (Å²) >= 11 is 0. The van der Waals surface area contributed by atoms with Crippen molar-refractivity contribution < 1.29 is 9.13 Å². The molecule has 4 rings (SSSR count). The topological polar surface area (TPSA) is 17.6 Å². The number of aryl methyl sites for hydroxylation is 2. The first-order valence-corrected chi connectivity index (χ1v) is 11.4. The SMILES string of the molecule is CCCCn1c[c-][n+](C[n+]2[c-]cn(CCCC)c2-c2ccccc2)c1-c1ccccc1. The summed E-state index contributed by atoms with van der Waals surface area (Å²) in [7, 11) is 0. The molecule has 0 N–H and O–H groups in total. The molecule has 0 fully saturated rings. The molecule has 0 spiro atoms. The average Bonchev–Trinajstić information content (AvgIpc) is 3.41. The van der Waals surface area contributed by atoms with E-state index in [0.717, 1.165) is 25.9 Å². The Hall–Kier alpha value is -3.14. The van der Waals surface area contributed by atoms with Gasteiger partial charge in [-0.2, -0.15) is 0 Å². The number of unbranched alkanes of at least 4 members (excludes halogenated alkanes) is 2. The van der Waals surface area contributed by atoms with Crippen molar-refractivity contribution in [2.24, 2.45) is 0 Å². The lowest BCUT2D eigenvalue weighted by Gasteiger charge is -2.18. The number of hydrogen-bond acceptors (Lipinski definition) is 0. The zero-order valence-corrected chi connectivity index (χ0v) is 18.7. The zero-order valence-electron chi connectivity index (χ0n) is 18.7. The van der Waals surface area contributed by atoms with Crippen LogP contribution < -0.4 is 9.13 Å². The van der Waals surface area contributed by atoms with Gasteiger partial charge in [0.1, 0.15) is 11.6 Å². The summed E-state index contributed by atoms with van der Waals surface area (Å²) in [6.07, 6.45) is 15.8. The summed E-state index contributed by atoms with van der Waals surface area (Å²) in [5.74, 6) is 2.38. The second kappa shape index (κ2) is 10.3. The Morgan fingerprint density at radius 1 is 0.645 bits per heavy atom. The van der Waals surface area contributed by atoms with Gasteiger partial charge in [0.2, 0.25) is 0 Å². The van der Waals surface area contributed by atoms with Gasteiger partial charge in [0.05, 0.1) is 13.1 Å². The lowest BCUT2D eigenvalue weighted by molar-refractivity contribution is -0.906. The fourth-order valence-corrected chi connectivity index (χ4v) is 4.01. The molecule has 31 heavy (non-hydrogen) atoms. The van der Waals surface area contributed by atoms with E-state index in [1.165, 1.54) is 35.6 Å². The maximum atomic E-state index is 3.49. The monoisotopic (exact) mass is 412 g/mol. The smallest absolute Gasteiger partial charge is 0.171 e. The second-order valence-electron chi connectivity index (χ2n) is 7.99. The van der Waals surface area contributed by atoms with E-state index in [1.54, 1.807) is 0 Å². The lowest BCUT2D eigenvalue weighted by Crippen LogP contribution is -2.53. The first kappa shape index (κ1) is 21.1. The predicted octanol–water partition coefficient (Wildman–Crippen LogP) is 4.90. The van der Waals surface area contributed by atoms with Crippen molar-refractivity contribution in [1.29, 1.82) is 0 Å². The molecule has 4 aromatic rings. The molecule has 2 aromatic heterocycles.